The van der Waals surface area contributed by atoms with Crippen LogP contribution in [0.3, 0.4) is 0 Å². The molecule has 1 amide bonds. The molecule has 25 heavy (non-hydrogen) atoms. The van der Waals surface area contributed by atoms with Gasteiger partial charge in [0.15, 0.2) is 0 Å². The Kier molecular flexibility index (Phi) is 7.16. The number of carbonyl (C=O) groups excluding carboxylic acids is 2. The summed E-state index contributed by atoms with van der Waals surface area (Å²) < 4.78 is 4.65. The summed E-state index contributed by atoms with van der Waals surface area (Å²) >= 11 is 5.85. The smallest absolute Gasteiger partial charge is 0.307 e. The molecule has 0 spiro atoms. The third-order valence-corrected chi connectivity index (χ3v) is 3.79. The van der Waals surface area contributed by atoms with Crippen LogP contribution in [0.2, 0.25) is 5.02 Å². The summed E-state index contributed by atoms with van der Waals surface area (Å²) in [6, 6.07) is 10.8. The first-order valence-electron chi connectivity index (χ1n) is 7.77. The molecule has 1 heterocycles. The number of halogens is 1. The Morgan fingerprint density at radius 3 is 2.48 bits per heavy atom. The average Bonchev–Trinajstić information content (AvgIpc) is 2.64. The van der Waals surface area contributed by atoms with Crippen LogP contribution in [0.5, 0.6) is 0 Å². The first kappa shape index (κ1) is 18.7. The molecular weight excluding hydrogens is 340 g/mol. The summed E-state index contributed by atoms with van der Waals surface area (Å²) in [4.78, 5) is 29.5. The second-order valence-corrected chi connectivity index (χ2v) is 5.76. The van der Waals surface area contributed by atoms with Crippen molar-refractivity contribution >= 4 is 29.6 Å². The molecule has 0 aliphatic carbocycles. The summed E-state index contributed by atoms with van der Waals surface area (Å²) in [7, 11) is 1.33. The maximum absolute atomic E-state index is 12.5. The zero-order chi connectivity index (χ0) is 18.1. The number of pyridine rings is 1. The van der Waals surface area contributed by atoms with Crippen molar-refractivity contribution in [1.29, 1.82) is 0 Å². The van der Waals surface area contributed by atoms with E-state index in [4.69, 9.17) is 11.6 Å². The van der Waals surface area contributed by atoms with Crippen LogP contribution in [0.4, 0.5) is 0 Å². The molecule has 2 aromatic rings. The molecule has 0 fully saturated rings. The fourth-order valence-corrected chi connectivity index (χ4v) is 2.28. The Balaban J connectivity index is 2.07. The summed E-state index contributed by atoms with van der Waals surface area (Å²) in [5, 5.41) is 0.640. The number of amides is 1. The Labute approximate surface area is 151 Å². The Morgan fingerprint density at radius 2 is 1.84 bits per heavy atom. The van der Waals surface area contributed by atoms with Crippen LogP contribution in [0.25, 0.3) is 6.08 Å². The van der Waals surface area contributed by atoms with Gasteiger partial charge >= 0.3 is 5.97 Å². The van der Waals surface area contributed by atoms with Gasteiger partial charge in [-0.15, -0.1) is 0 Å². The summed E-state index contributed by atoms with van der Waals surface area (Å²) in [5.74, 6) is -0.537. The largest absolute Gasteiger partial charge is 0.469 e. The van der Waals surface area contributed by atoms with Gasteiger partial charge in [-0.1, -0.05) is 23.7 Å². The van der Waals surface area contributed by atoms with E-state index in [2.05, 4.69) is 9.72 Å². The number of ether oxygens (including phenoxy) is 1. The summed E-state index contributed by atoms with van der Waals surface area (Å²) in [5.41, 5.74) is 1.81. The first-order valence-corrected chi connectivity index (χ1v) is 8.14. The van der Waals surface area contributed by atoms with Crippen LogP contribution in [0.1, 0.15) is 17.5 Å². The molecule has 0 atom stereocenters. The second-order valence-electron chi connectivity index (χ2n) is 5.33. The number of methoxy groups -OCH3 is 1. The van der Waals surface area contributed by atoms with Crippen LogP contribution < -0.4 is 0 Å². The van der Waals surface area contributed by atoms with Gasteiger partial charge in [-0.05, 0) is 41.5 Å². The minimum absolute atomic E-state index is 0.141. The van der Waals surface area contributed by atoms with E-state index in [1.165, 1.54) is 13.2 Å². The zero-order valence-electron chi connectivity index (χ0n) is 13.9. The number of nitrogens with zero attached hydrogens (tertiary/aromatic N) is 2. The van der Waals surface area contributed by atoms with E-state index >= 15 is 0 Å². The quantitative estimate of drug-likeness (QED) is 0.562. The molecule has 0 radical (unpaired) electrons. The van der Waals surface area contributed by atoms with E-state index in [0.29, 0.717) is 11.6 Å². The summed E-state index contributed by atoms with van der Waals surface area (Å²) in [6.45, 7) is 0.669. The minimum atomic E-state index is -0.353. The van der Waals surface area contributed by atoms with E-state index in [0.717, 1.165) is 11.1 Å². The molecule has 6 heteroatoms. The van der Waals surface area contributed by atoms with Gasteiger partial charge in [0.2, 0.25) is 5.91 Å². The zero-order valence-corrected chi connectivity index (χ0v) is 14.6. The number of hydrogen-bond donors (Lipinski definition) is 0. The molecule has 0 aliphatic rings. The van der Waals surface area contributed by atoms with Gasteiger partial charge in [-0.2, -0.15) is 0 Å². The molecule has 0 N–H and O–H groups in total. The van der Waals surface area contributed by atoms with E-state index < -0.39 is 0 Å². The lowest BCUT2D eigenvalue weighted by Gasteiger charge is -2.20. The first-order chi connectivity index (χ1) is 12.1. The van der Waals surface area contributed by atoms with E-state index in [1.807, 2.05) is 24.3 Å². The van der Waals surface area contributed by atoms with Gasteiger partial charge in [-0.25, -0.2) is 0 Å². The fourth-order valence-electron chi connectivity index (χ4n) is 2.15. The van der Waals surface area contributed by atoms with Gasteiger partial charge in [0, 0.05) is 36.6 Å². The summed E-state index contributed by atoms with van der Waals surface area (Å²) in [6.07, 6.45) is 6.68. The van der Waals surface area contributed by atoms with Gasteiger partial charge in [0.1, 0.15) is 0 Å². The van der Waals surface area contributed by atoms with Crippen molar-refractivity contribution in [3.63, 3.8) is 0 Å². The average molecular weight is 359 g/mol. The van der Waals surface area contributed by atoms with Crippen LogP contribution in [-0.2, 0) is 20.9 Å². The Bertz CT molecular complexity index is 730. The molecule has 0 aliphatic heterocycles. The van der Waals surface area contributed by atoms with E-state index in [-0.39, 0.29) is 24.8 Å². The number of carbonyl (C=O) groups is 2. The Hall–Kier alpha value is -2.66. The third kappa shape index (κ3) is 6.39. The lowest BCUT2D eigenvalue weighted by molar-refractivity contribution is -0.141. The van der Waals surface area contributed by atoms with E-state index in [9.17, 15) is 9.59 Å². The maximum Gasteiger partial charge on any atom is 0.307 e. The molecule has 0 saturated carbocycles. The lowest BCUT2D eigenvalue weighted by atomic mass is 10.2. The van der Waals surface area contributed by atoms with Crippen molar-refractivity contribution in [2.24, 2.45) is 0 Å². The molecule has 5 nitrogen and oxygen atoms in total. The van der Waals surface area contributed by atoms with Crippen molar-refractivity contribution in [1.82, 2.24) is 9.88 Å². The van der Waals surface area contributed by atoms with Crippen molar-refractivity contribution < 1.29 is 14.3 Å². The second kappa shape index (κ2) is 9.59. The van der Waals surface area contributed by atoms with Crippen molar-refractivity contribution in [2.75, 3.05) is 13.7 Å². The highest BCUT2D eigenvalue weighted by Gasteiger charge is 2.13. The highest BCUT2D eigenvalue weighted by molar-refractivity contribution is 6.30. The van der Waals surface area contributed by atoms with Crippen LogP contribution in [0, 0.1) is 0 Å². The number of hydrogen-bond acceptors (Lipinski definition) is 4. The van der Waals surface area contributed by atoms with Gasteiger partial charge in [0.05, 0.1) is 13.5 Å². The van der Waals surface area contributed by atoms with Crippen LogP contribution in [0.15, 0.2) is 54.9 Å². The van der Waals surface area contributed by atoms with Crippen molar-refractivity contribution in [3.05, 3.63) is 71.0 Å². The Morgan fingerprint density at radius 1 is 1.16 bits per heavy atom. The van der Waals surface area contributed by atoms with Crippen molar-refractivity contribution in [3.8, 4) is 0 Å². The molecule has 1 aromatic heterocycles. The highest BCUT2D eigenvalue weighted by Crippen LogP contribution is 2.11. The van der Waals surface area contributed by atoms with Gasteiger partial charge < -0.3 is 9.64 Å². The molecule has 0 bridgehead atoms. The lowest BCUT2D eigenvalue weighted by Crippen LogP contribution is -2.31. The monoisotopic (exact) mass is 358 g/mol. The molecule has 130 valence electrons. The third-order valence-electron chi connectivity index (χ3n) is 3.54. The SMILES string of the molecule is COC(=O)CCN(Cc1ccncc1)C(=O)/C=C/c1ccc(Cl)cc1. The number of esters is 1. The predicted octanol–water partition coefficient (Wildman–Crippen LogP) is 3.34. The number of rotatable bonds is 7. The predicted molar refractivity (Wildman–Crippen MR) is 96.8 cm³/mol. The molecule has 0 unspecified atom stereocenters. The maximum atomic E-state index is 12.5. The normalized spacial score (nSPS) is 10.6. The highest BCUT2D eigenvalue weighted by atomic mass is 35.5. The fraction of sp³-hybridized carbons (Fsp3) is 0.211. The molecule has 1 aromatic carbocycles. The number of aromatic nitrogens is 1. The standard InChI is InChI=1S/C19H19ClN2O3/c1-25-19(24)10-13-22(14-16-8-11-21-12-9-16)18(23)7-4-15-2-5-17(20)6-3-15/h2-9,11-12H,10,13-14H2,1H3/b7-4+. The minimum Gasteiger partial charge on any atom is -0.469 e. The van der Waals surface area contributed by atoms with Gasteiger partial charge in [0.25, 0.3) is 0 Å². The molecular formula is C19H19ClN2O3. The van der Waals surface area contributed by atoms with Crippen LogP contribution >= 0.6 is 11.6 Å². The molecule has 0 saturated heterocycles. The van der Waals surface area contributed by atoms with Crippen molar-refractivity contribution in [2.45, 2.75) is 13.0 Å². The van der Waals surface area contributed by atoms with Crippen LogP contribution in [-0.4, -0.2) is 35.4 Å². The topological polar surface area (TPSA) is 59.5 Å². The molecule has 2 rings (SSSR count). The number of benzene rings is 1. The van der Waals surface area contributed by atoms with E-state index in [1.54, 1.807) is 35.5 Å². The van der Waals surface area contributed by atoms with Gasteiger partial charge in [-0.3, -0.25) is 14.6 Å².